The molecule has 2 aliphatic heterocycles. The average Bonchev–Trinajstić information content (AvgIpc) is 3.28. The second kappa shape index (κ2) is 11.9. The highest BCUT2D eigenvalue weighted by Crippen LogP contribution is 2.57. The van der Waals surface area contributed by atoms with Gasteiger partial charge in [-0.25, -0.2) is 4.79 Å². The van der Waals surface area contributed by atoms with Gasteiger partial charge in [-0.3, -0.25) is 9.59 Å². The van der Waals surface area contributed by atoms with Crippen LogP contribution >= 0.6 is 23.2 Å². The van der Waals surface area contributed by atoms with E-state index in [1.807, 2.05) is 78.5 Å². The number of carbonyl (C=O) groups is 3. The predicted molar refractivity (Wildman–Crippen MR) is 159 cm³/mol. The van der Waals surface area contributed by atoms with Gasteiger partial charge in [0.05, 0.1) is 5.56 Å². The third-order valence-electron chi connectivity index (χ3n) is 7.34. The van der Waals surface area contributed by atoms with Crippen LogP contribution in [0.3, 0.4) is 0 Å². The molecule has 5 rings (SSSR count). The molecule has 214 valence electrons. The van der Waals surface area contributed by atoms with Gasteiger partial charge in [0.1, 0.15) is 23.3 Å². The molecule has 2 aliphatic rings. The topological polar surface area (TPSA) is 100 Å². The fraction of sp³-hybridized carbons (Fsp3) is 0.300. The molecule has 41 heavy (non-hydrogen) atoms. The maximum absolute atomic E-state index is 13.1. The van der Waals surface area contributed by atoms with Crippen LogP contribution in [0.25, 0.3) is 0 Å². The Bertz CT molecular complexity index is 1420. The number of carbonyl (C=O) groups excluding carboxylic acids is 3. The van der Waals surface area contributed by atoms with Crippen molar-refractivity contribution in [2.75, 3.05) is 61.8 Å². The third kappa shape index (κ3) is 5.39. The number of hydrogen-bond acceptors (Lipinski definition) is 7. The van der Waals surface area contributed by atoms with Crippen molar-refractivity contribution < 1.29 is 23.9 Å². The van der Waals surface area contributed by atoms with Crippen LogP contribution in [0, 0.1) is 0 Å². The Morgan fingerprint density at radius 1 is 0.780 bits per heavy atom. The number of nitrogens with one attached hydrogen (secondary N) is 2. The summed E-state index contributed by atoms with van der Waals surface area (Å²) in [5, 5.41) is 5.54. The van der Waals surface area contributed by atoms with E-state index in [2.05, 4.69) is 10.6 Å². The molecule has 0 bridgehead atoms. The van der Waals surface area contributed by atoms with Gasteiger partial charge >= 0.3 is 5.97 Å². The summed E-state index contributed by atoms with van der Waals surface area (Å²) in [5.74, 6) is 0.101. The van der Waals surface area contributed by atoms with Crippen LogP contribution in [-0.2, 0) is 19.9 Å². The number of esters is 1. The lowest BCUT2D eigenvalue weighted by molar-refractivity contribution is -0.119. The summed E-state index contributed by atoms with van der Waals surface area (Å²) in [6, 6.07) is 19.0. The molecular formula is C30H30Cl2N4O5. The Balaban J connectivity index is 1.52. The van der Waals surface area contributed by atoms with Crippen LogP contribution in [0.2, 0.25) is 0 Å². The summed E-state index contributed by atoms with van der Waals surface area (Å²) in [7, 11) is 3.84. The van der Waals surface area contributed by atoms with Gasteiger partial charge in [-0.05, 0) is 30.3 Å². The molecule has 2 N–H and O–H groups in total. The minimum absolute atomic E-state index is 0.0860. The van der Waals surface area contributed by atoms with E-state index >= 15 is 0 Å². The highest BCUT2D eigenvalue weighted by Gasteiger charge is 2.53. The first-order chi connectivity index (χ1) is 19.8. The number of ether oxygens (including phenoxy) is 2. The summed E-state index contributed by atoms with van der Waals surface area (Å²) in [4.78, 5) is 40.2. The van der Waals surface area contributed by atoms with Crippen LogP contribution in [0.1, 0.15) is 27.0 Å². The second-order valence-corrected chi connectivity index (χ2v) is 10.4. The summed E-state index contributed by atoms with van der Waals surface area (Å²) in [6.45, 7) is 1.96. The number of rotatable bonds is 10. The highest BCUT2D eigenvalue weighted by molar-refractivity contribution is 6.27. The molecule has 0 atom stereocenters. The quantitative estimate of drug-likeness (QED) is 0.271. The molecule has 0 fully saturated rings. The monoisotopic (exact) mass is 596 g/mol. The summed E-state index contributed by atoms with van der Waals surface area (Å²) < 4.78 is 12.8. The molecule has 0 aromatic heterocycles. The Hall–Kier alpha value is -3.95. The fourth-order valence-corrected chi connectivity index (χ4v) is 5.40. The number of likely N-dealkylation sites (N-methyl/N-ethyl adjacent to an activating group) is 2. The standard InChI is InChI=1S/C30H30Cl2N4O5/c1-35(13-11-33-27(37)17-31)19-7-9-23-25(15-19)40-26-16-20(36(2)14-12-34-28(38)18-32)8-10-24(26)30(23)22-6-4-3-5-21(22)29(39)41-30/h3-10,15-16H,11-14,17-18H2,1-2H3,(H,33,37)(H,34,38). The first kappa shape index (κ1) is 28.6. The van der Waals surface area contributed by atoms with E-state index < -0.39 is 11.6 Å². The molecule has 0 radical (unpaired) electrons. The van der Waals surface area contributed by atoms with Gasteiger partial charge in [0.15, 0.2) is 5.60 Å². The van der Waals surface area contributed by atoms with Gasteiger partial charge in [-0.1, -0.05) is 18.2 Å². The summed E-state index contributed by atoms with van der Waals surface area (Å²) in [5.41, 5.74) is 3.27. The SMILES string of the molecule is CN(CCNC(=O)CCl)c1ccc2c(c1)Oc1cc(N(C)CCNC(=O)CCl)ccc1C21OC(=O)c2ccccc21. The molecule has 1 spiro atoms. The van der Waals surface area contributed by atoms with Crippen molar-refractivity contribution in [1.82, 2.24) is 10.6 Å². The van der Waals surface area contributed by atoms with Crippen molar-refractivity contribution in [3.8, 4) is 11.5 Å². The number of alkyl halides is 2. The van der Waals surface area contributed by atoms with Crippen molar-refractivity contribution in [1.29, 1.82) is 0 Å². The fourth-order valence-electron chi connectivity index (χ4n) is 5.21. The number of hydrogen-bond donors (Lipinski definition) is 2. The zero-order valence-electron chi connectivity index (χ0n) is 22.7. The Morgan fingerprint density at radius 3 is 1.80 bits per heavy atom. The van der Waals surface area contributed by atoms with Crippen LogP contribution in [0.5, 0.6) is 11.5 Å². The van der Waals surface area contributed by atoms with Gasteiger partial charge in [-0.15, -0.1) is 23.2 Å². The van der Waals surface area contributed by atoms with E-state index in [1.54, 1.807) is 6.07 Å². The Kier molecular flexibility index (Phi) is 8.28. The van der Waals surface area contributed by atoms with Crippen LogP contribution in [0.4, 0.5) is 11.4 Å². The van der Waals surface area contributed by atoms with Gasteiger partial charge < -0.3 is 29.9 Å². The number of nitrogens with zero attached hydrogens (tertiary/aromatic N) is 2. The smallest absolute Gasteiger partial charge is 0.340 e. The largest absolute Gasteiger partial charge is 0.456 e. The lowest BCUT2D eigenvalue weighted by Crippen LogP contribution is -2.35. The van der Waals surface area contributed by atoms with E-state index in [-0.39, 0.29) is 23.6 Å². The zero-order valence-corrected chi connectivity index (χ0v) is 24.2. The van der Waals surface area contributed by atoms with E-state index in [0.29, 0.717) is 43.2 Å². The second-order valence-electron chi connectivity index (χ2n) is 9.89. The molecule has 0 saturated carbocycles. The Labute approximate surface area is 248 Å². The van der Waals surface area contributed by atoms with Crippen molar-refractivity contribution in [3.63, 3.8) is 0 Å². The van der Waals surface area contributed by atoms with E-state index in [1.165, 1.54) is 0 Å². The molecule has 0 saturated heterocycles. The van der Waals surface area contributed by atoms with Gasteiger partial charge in [-0.2, -0.15) is 0 Å². The van der Waals surface area contributed by atoms with Crippen molar-refractivity contribution >= 4 is 52.4 Å². The molecular weight excluding hydrogens is 567 g/mol. The zero-order chi connectivity index (χ0) is 29.1. The third-order valence-corrected chi connectivity index (χ3v) is 7.83. The first-order valence-corrected chi connectivity index (χ1v) is 14.2. The predicted octanol–water partition coefficient (Wildman–Crippen LogP) is 3.84. The molecule has 9 nitrogen and oxygen atoms in total. The number of halogens is 2. The number of amides is 2. The number of benzene rings is 3. The molecule has 2 amide bonds. The van der Waals surface area contributed by atoms with Crippen molar-refractivity contribution in [2.24, 2.45) is 0 Å². The number of anilines is 2. The molecule has 2 heterocycles. The van der Waals surface area contributed by atoms with Gasteiger partial charge in [0.2, 0.25) is 11.8 Å². The van der Waals surface area contributed by atoms with Crippen LogP contribution < -0.4 is 25.2 Å². The van der Waals surface area contributed by atoms with Crippen molar-refractivity contribution in [2.45, 2.75) is 5.60 Å². The highest BCUT2D eigenvalue weighted by atomic mass is 35.5. The van der Waals surface area contributed by atoms with E-state index in [9.17, 15) is 14.4 Å². The minimum atomic E-state index is -1.17. The summed E-state index contributed by atoms with van der Waals surface area (Å²) in [6.07, 6.45) is 0. The van der Waals surface area contributed by atoms with Gasteiger partial charge in [0, 0.05) is 80.5 Å². The maximum Gasteiger partial charge on any atom is 0.340 e. The lowest BCUT2D eigenvalue weighted by atomic mass is 9.77. The van der Waals surface area contributed by atoms with E-state index in [4.69, 9.17) is 32.7 Å². The minimum Gasteiger partial charge on any atom is -0.456 e. The van der Waals surface area contributed by atoms with E-state index in [0.717, 1.165) is 28.1 Å². The van der Waals surface area contributed by atoms with Gasteiger partial charge in [0.25, 0.3) is 0 Å². The summed E-state index contributed by atoms with van der Waals surface area (Å²) >= 11 is 11.2. The molecule has 11 heteroatoms. The van der Waals surface area contributed by atoms with Crippen molar-refractivity contribution in [3.05, 3.63) is 82.9 Å². The maximum atomic E-state index is 13.1. The molecule has 3 aromatic carbocycles. The molecule has 3 aromatic rings. The Morgan fingerprint density at radius 2 is 1.29 bits per heavy atom. The average molecular weight is 597 g/mol. The molecule has 0 aliphatic carbocycles. The molecule has 0 unspecified atom stereocenters. The number of fused-ring (bicyclic) bond motifs is 6. The first-order valence-electron chi connectivity index (χ1n) is 13.2. The van der Waals surface area contributed by atoms with Crippen LogP contribution in [0.15, 0.2) is 60.7 Å². The normalized spacial score (nSPS) is 13.8. The van der Waals surface area contributed by atoms with Crippen LogP contribution in [-0.4, -0.2) is 69.8 Å². The lowest BCUT2D eigenvalue weighted by Gasteiger charge is -2.37.